The van der Waals surface area contributed by atoms with Crippen LogP contribution in [0.25, 0.3) is 0 Å². The quantitative estimate of drug-likeness (QED) is 0.479. The van der Waals surface area contributed by atoms with Crippen molar-refractivity contribution in [3.63, 3.8) is 0 Å². The van der Waals surface area contributed by atoms with Gasteiger partial charge in [-0.2, -0.15) is 0 Å². The molecule has 0 radical (unpaired) electrons. The first-order valence-corrected chi connectivity index (χ1v) is 2.62. The average molecular weight is 100 g/mol. The van der Waals surface area contributed by atoms with E-state index in [4.69, 9.17) is 5.41 Å². The van der Waals surface area contributed by atoms with Gasteiger partial charge in [-0.1, -0.05) is 11.8 Å². The van der Waals surface area contributed by atoms with Crippen LogP contribution in [0.3, 0.4) is 0 Å². The first kappa shape index (κ1) is 3.87. The maximum absolute atomic E-state index is 6.81. The molecular weight excluding hydrogens is 96.1 g/mol. The molecule has 0 saturated heterocycles. The molecule has 0 unspecified atom stereocenters. The van der Waals surface area contributed by atoms with Crippen LogP contribution in [0.15, 0.2) is 4.99 Å². The maximum atomic E-state index is 6.81. The average Bonchev–Trinajstić information content (AvgIpc) is 1.86. The van der Waals surface area contributed by atoms with Crippen molar-refractivity contribution in [1.29, 1.82) is 5.41 Å². The molecule has 0 aromatic carbocycles. The van der Waals surface area contributed by atoms with E-state index in [1.165, 1.54) is 11.8 Å². The van der Waals surface area contributed by atoms with Crippen molar-refractivity contribution >= 4 is 23.1 Å². The lowest BCUT2D eigenvalue weighted by Crippen LogP contribution is -1.69. The fourth-order valence-electron chi connectivity index (χ4n) is 0.274. The number of hydrogen-bond donors (Lipinski definition) is 1. The van der Waals surface area contributed by atoms with Crippen LogP contribution in [0.4, 0.5) is 0 Å². The SMILES string of the molecule is N=C1N=CCS1. The Kier molecular flexibility index (Phi) is 0.919. The van der Waals surface area contributed by atoms with Gasteiger partial charge in [0.25, 0.3) is 0 Å². The molecule has 32 valence electrons. The third kappa shape index (κ3) is 0.597. The minimum atomic E-state index is 0.440. The van der Waals surface area contributed by atoms with Crippen molar-refractivity contribution in [3.8, 4) is 0 Å². The summed E-state index contributed by atoms with van der Waals surface area (Å²) in [5.74, 6) is 0.888. The fourth-order valence-corrected chi connectivity index (χ4v) is 0.730. The fraction of sp³-hybridized carbons (Fsp3) is 0.333. The lowest BCUT2D eigenvalue weighted by atomic mass is 10.9. The van der Waals surface area contributed by atoms with E-state index in [-0.39, 0.29) is 0 Å². The van der Waals surface area contributed by atoms with Crippen molar-refractivity contribution in [1.82, 2.24) is 0 Å². The van der Waals surface area contributed by atoms with Crippen molar-refractivity contribution in [2.24, 2.45) is 4.99 Å². The Morgan fingerprint density at radius 3 is 3.00 bits per heavy atom. The highest BCUT2D eigenvalue weighted by atomic mass is 32.2. The third-order valence-corrected chi connectivity index (χ3v) is 1.20. The number of aliphatic imine (C=N–C) groups is 1. The Morgan fingerprint density at radius 2 is 2.83 bits per heavy atom. The van der Waals surface area contributed by atoms with Crippen LogP contribution in [0.5, 0.6) is 0 Å². The summed E-state index contributed by atoms with van der Waals surface area (Å²) in [6.45, 7) is 0. The molecule has 0 saturated carbocycles. The second-order valence-corrected chi connectivity index (χ2v) is 1.94. The Morgan fingerprint density at radius 1 is 2.00 bits per heavy atom. The van der Waals surface area contributed by atoms with Crippen LogP contribution < -0.4 is 0 Å². The summed E-state index contributed by atoms with van der Waals surface area (Å²) >= 11 is 1.46. The number of thioether (sulfide) groups is 1. The Labute approximate surface area is 40.2 Å². The molecule has 2 nitrogen and oxygen atoms in total. The number of nitrogens with zero attached hydrogens (tertiary/aromatic N) is 1. The van der Waals surface area contributed by atoms with Gasteiger partial charge in [-0.15, -0.1) is 0 Å². The number of nitrogens with one attached hydrogen (secondary N) is 1. The topological polar surface area (TPSA) is 36.2 Å². The Bertz CT molecular complexity index is 97.0. The van der Waals surface area contributed by atoms with E-state index in [0.717, 1.165) is 5.75 Å². The zero-order valence-electron chi connectivity index (χ0n) is 3.14. The van der Waals surface area contributed by atoms with Gasteiger partial charge >= 0.3 is 0 Å². The minimum Gasteiger partial charge on any atom is -0.277 e. The van der Waals surface area contributed by atoms with E-state index < -0.39 is 0 Å². The zero-order chi connectivity index (χ0) is 4.41. The van der Waals surface area contributed by atoms with Gasteiger partial charge in [0, 0.05) is 12.0 Å². The molecule has 6 heavy (non-hydrogen) atoms. The normalized spacial score (nSPS) is 19.7. The monoisotopic (exact) mass is 100 g/mol. The molecular formula is C3H4N2S. The highest BCUT2D eigenvalue weighted by Gasteiger charge is 1.96. The molecule has 1 aliphatic heterocycles. The van der Waals surface area contributed by atoms with Gasteiger partial charge in [0.1, 0.15) is 0 Å². The molecule has 1 aliphatic rings. The van der Waals surface area contributed by atoms with Crippen LogP contribution in [0.2, 0.25) is 0 Å². The number of amidine groups is 1. The summed E-state index contributed by atoms with van der Waals surface area (Å²) in [6.07, 6.45) is 1.74. The van der Waals surface area contributed by atoms with E-state index in [9.17, 15) is 0 Å². The highest BCUT2D eigenvalue weighted by molar-refractivity contribution is 8.14. The van der Waals surface area contributed by atoms with E-state index >= 15 is 0 Å². The maximum Gasteiger partial charge on any atom is 0.180 e. The van der Waals surface area contributed by atoms with Crippen molar-refractivity contribution < 1.29 is 0 Å². The van der Waals surface area contributed by atoms with Gasteiger partial charge in [0.15, 0.2) is 5.17 Å². The van der Waals surface area contributed by atoms with Crippen LogP contribution in [0, 0.1) is 5.41 Å². The first-order chi connectivity index (χ1) is 2.89. The van der Waals surface area contributed by atoms with Crippen molar-refractivity contribution in [2.45, 2.75) is 0 Å². The van der Waals surface area contributed by atoms with Gasteiger partial charge in [0.05, 0.1) is 0 Å². The second-order valence-electron chi connectivity index (χ2n) is 0.928. The smallest absolute Gasteiger partial charge is 0.180 e. The standard InChI is InChI=1S/C3H4N2S/c4-3-5-1-2-6-3/h1,4H,2H2. The molecule has 0 aromatic rings. The Balaban J connectivity index is 2.59. The molecule has 0 fully saturated rings. The lowest BCUT2D eigenvalue weighted by Gasteiger charge is -1.74. The largest absolute Gasteiger partial charge is 0.277 e. The summed E-state index contributed by atoms with van der Waals surface area (Å²) in [7, 11) is 0. The van der Waals surface area contributed by atoms with Gasteiger partial charge < -0.3 is 0 Å². The molecule has 1 N–H and O–H groups in total. The Hall–Kier alpha value is -0.310. The summed E-state index contributed by atoms with van der Waals surface area (Å²) in [5.41, 5.74) is 0. The van der Waals surface area contributed by atoms with Gasteiger partial charge in [-0.25, -0.2) is 4.99 Å². The van der Waals surface area contributed by atoms with E-state index in [2.05, 4.69) is 4.99 Å². The molecule has 0 bridgehead atoms. The molecule has 0 spiro atoms. The van der Waals surface area contributed by atoms with Crippen LogP contribution >= 0.6 is 11.8 Å². The zero-order valence-corrected chi connectivity index (χ0v) is 3.96. The molecule has 0 aromatic heterocycles. The van der Waals surface area contributed by atoms with Gasteiger partial charge in [-0.3, -0.25) is 5.41 Å². The molecule has 0 atom stereocenters. The lowest BCUT2D eigenvalue weighted by molar-refractivity contribution is 1.51. The van der Waals surface area contributed by atoms with Gasteiger partial charge in [0.2, 0.25) is 0 Å². The molecule has 0 amide bonds. The number of hydrogen-bond acceptors (Lipinski definition) is 2. The predicted molar refractivity (Wildman–Crippen MR) is 28.7 cm³/mol. The van der Waals surface area contributed by atoms with Crippen LogP contribution in [0.1, 0.15) is 0 Å². The summed E-state index contributed by atoms with van der Waals surface area (Å²) in [4.78, 5) is 3.66. The molecule has 1 heterocycles. The van der Waals surface area contributed by atoms with Gasteiger partial charge in [-0.05, 0) is 0 Å². The van der Waals surface area contributed by atoms with Crippen molar-refractivity contribution in [2.75, 3.05) is 5.75 Å². The predicted octanol–water partition coefficient (Wildman–Crippen LogP) is 0.739. The van der Waals surface area contributed by atoms with Crippen LogP contribution in [-0.2, 0) is 0 Å². The van der Waals surface area contributed by atoms with E-state index in [1.54, 1.807) is 6.21 Å². The van der Waals surface area contributed by atoms with Crippen molar-refractivity contribution in [3.05, 3.63) is 0 Å². The molecule has 3 heteroatoms. The highest BCUT2D eigenvalue weighted by Crippen LogP contribution is 2.05. The number of rotatable bonds is 0. The summed E-state index contributed by atoms with van der Waals surface area (Å²) < 4.78 is 0. The van der Waals surface area contributed by atoms with Crippen LogP contribution in [-0.4, -0.2) is 17.1 Å². The molecule has 1 rings (SSSR count). The second kappa shape index (κ2) is 1.43. The van der Waals surface area contributed by atoms with E-state index in [1.807, 2.05) is 0 Å². The summed E-state index contributed by atoms with van der Waals surface area (Å²) in [6, 6.07) is 0. The minimum absolute atomic E-state index is 0.440. The van der Waals surface area contributed by atoms with E-state index in [0.29, 0.717) is 5.17 Å². The molecule has 0 aliphatic carbocycles. The third-order valence-electron chi connectivity index (χ3n) is 0.503. The summed E-state index contributed by atoms with van der Waals surface area (Å²) in [5, 5.41) is 7.25. The first-order valence-electron chi connectivity index (χ1n) is 1.63.